The molecule has 2 amide bonds. The lowest BCUT2D eigenvalue weighted by Gasteiger charge is -2.34. The minimum absolute atomic E-state index is 0.129. The van der Waals surface area contributed by atoms with Crippen LogP contribution in [0.1, 0.15) is 19.0 Å². The SMILES string of the molecule is C[C@@H](/C=C/CNC(=O)N1CCN(c2ccn(C(F)F)n2)CC1)Nc1cn[nH]c(=O)c1C(F)(F)F. The van der Waals surface area contributed by atoms with Gasteiger partial charge in [0.25, 0.3) is 5.56 Å². The van der Waals surface area contributed by atoms with Crippen molar-refractivity contribution in [3.63, 3.8) is 0 Å². The van der Waals surface area contributed by atoms with Gasteiger partial charge in [0.2, 0.25) is 0 Å². The van der Waals surface area contributed by atoms with Crippen LogP contribution in [-0.2, 0) is 6.18 Å². The molecule has 0 aromatic carbocycles. The summed E-state index contributed by atoms with van der Waals surface area (Å²) in [5.74, 6) is 0.411. The fourth-order valence-corrected chi connectivity index (χ4v) is 3.36. The molecule has 2 aromatic rings. The van der Waals surface area contributed by atoms with E-state index in [-0.39, 0.29) is 12.6 Å². The van der Waals surface area contributed by atoms with Gasteiger partial charge in [0, 0.05) is 51.0 Å². The van der Waals surface area contributed by atoms with Crippen molar-refractivity contribution in [1.82, 2.24) is 30.2 Å². The monoisotopic (exact) mass is 490 g/mol. The van der Waals surface area contributed by atoms with Crippen molar-refractivity contribution in [3.8, 4) is 0 Å². The number of nitrogens with one attached hydrogen (secondary N) is 3. The Kier molecular flexibility index (Phi) is 7.73. The maximum Gasteiger partial charge on any atom is 0.423 e. The Morgan fingerprint density at radius 1 is 1.26 bits per heavy atom. The highest BCUT2D eigenvalue weighted by atomic mass is 19.4. The van der Waals surface area contributed by atoms with Crippen molar-refractivity contribution >= 4 is 17.5 Å². The van der Waals surface area contributed by atoms with Crippen molar-refractivity contribution in [3.05, 3.63) is 46.5 Å². The summed E-state index contributed by atoms with van der Waals surface area (Å²) < 4.78 is 65.1. The molecule has 34 heavy (non-hydrogen) atoms. The van der Waals surface area contributed by atoms with Gasteiger partial charge >= 0.3 is 18.8 Å². The molecule has 3 N–H and O–H groups in total. The third-order valence-corrected chi connectivity index (χ3v) is 5.00. The van der Waals surface area contributed by atoms with Gasteiger partial charge < -0.3 is 20.4 Å². The molecule has 1 fully saturated rings. The van der Waals surface area contributed by atoms with Crippen molar-refractivity contribution in [2.24, 2.45) is 0 Å². The van der Waals surface area contributed by atoms with Crippen LogP contribution in [-0.4, -0.2) is 69.7 Å². The standard InChI is InChI=1S/C19H23F5N8O2/c1-12(27-13-11-26-28-16(33)15(13)19(22,23)24)3-2-5-25-18(34)31-9-7-30(8-10-31)14-4-6-32(29-14)17(20)21/h2-4,6,11-12,17H,5,7-10H2,1H3,(H,25,34)(H2,27,28,33)/b3-2+/t12-/m0/s1. The molecule has 3 heterocycles. The summed E-state index contributed by atoms with van der Waals surface area (Å²) in [5, 5.41) is 14.2. The van der Waals surface area contributed by atoms with E-state index >= 15 is 0 Å². The molecule has 186 valence electrons. The number of amides is 2. The van der Waals surface area contributed by atoms with Gasteiger partial charge in [-0.1, -0.05) is 12.2 Å². The highest BCUT2D eigenvalue weighted by Crippen LogP contribution is 2.31. The second-order valence-corrected chi connectivity index (χ2v) is 7.44. The molecule has 0 bridgehead atoms. The first-order valence-corrected chi connectivity index (χ1v) is 10.3. The molecular formula is C19H23F5N8O2. The molecule has 3 rings (SSSR count). The highest BCUT2D eigenvalue weighted by molar-refractivity contribution is 5.74. The van der Waals surface area contributed by atoms with E-state index < -0.39 is 35.6 Å². The van der Waals surface area contributed by atoms with Gasteiger partial charge in [-0.3, -0.25) is 4.79 Å². The summed E-state index contributed by atoms with van der Waals surface area (Å²) in [5.41, 5.74) is -3.16. The van der Waals surface area contributed by atoms with Gasteiger partial charge in [0.1, 0.15) is 5.56 Å². The number of aromatic nitrogens is 4. The molecule has 1 saturated heterocycles. The Labute approximate surface area is 190 Å². The van der Waals surface area contributed by atoms with Crippen LogP contribution in [0.15, 0.2) is 35.4 Å². The summed E-state index contributed by atoms with van der Waals surface area (Å²) in [7, 11) is 0. The largest absolute Gasteiger partial charge is 0.423 e. The Hall–Kier alpha value is -3.65. The molecule has 10 nitrogen and oxygen atoms in total. The minimum Gasteiger partial charge on any atom is -0.377 e. The van der Waals surface area contributed by atoms with Crippen LogP contribution in [0.4, 0.5) is 38.3 Å². The molecule has 0 spiro atoms. The molecule has 1 aliphatic rings. The van der Waals surface area contributed by atoms with E-state index in [2.05, 4.69) is 20.8 Å². The Balaban J connectivity index is 1.44. The maximum atomic E-state index is 13.1. The van der Waals surface area contributed by atoms with Crippen LogP contribution in [0, 0.1) is 0 Å². The molecular weight excluding hydrogens is 467 g/mol. The number of rotatable bonds is 7. The quantitative estimate of drug-likeness (QED) is 0.406. The van der Waals surface area contributed by atoms with Crippen LogP contribution in [0.5, 0.6) is 0 Å². The average Bonchev–Trinajstić information content (AvgIpc) is 3.26. The van der Waals surface area contributed by atoms with Crippen molar-refractivity contribution in [2.75, 3.05) is 42.9 Å². The normalized spacial score (nSPS) is 15.7. The average molecular weight is 490 g/mol. The summed E-state index contributed by atoms with van der Waals surface area (Å²) in [4.78, 5) is 27.2. The molecule has 0 aliphatic carbocycles. The number of hydrogen-bond donors (Lipinski definition) is 3. The number of urea groups is 1. The number of halogens is 5. The molecule has 2 aromatic heterocycles. The highest BCUT2D eigenvalue weighted by Gasteiger charge is 2.37. The van der Waals surface area contributed by atoms with Crippen molar-refractivity contribution < 1.29 is 26.7 Å². The van der Waals surface area contributed by atoms with Gasteiger partial charge in [-0.25, -0.2) is 14.6 Å². The smallest absolute Gasteiger partial charge is 0.377 e. The van der Waals surface area contributed by atoms with E-state index in [0.29, 0.717) is 36.7 Å². The Morgan fingerprint density at radius 2 is 1.97 bits per heavy atom. The zero-order chi connectivity index (χ0) is 24.9. The molecule has 1 aliphatic heterocycles. The van der Waals surface area contributed by atoms with Crippen LogP contribution >= 0.6 is 0 Å². The second kappa shape index (κ2) is 10.5. The zero-order valence-corrected chi connectivity index (χ0v) is 18.0. The predicted molar refractivity (Wildman–Crippen MR) is 113 cm³/mol. The molecule has 0 unspecified atom stereocenters. The van der Waals surface area contributed by atoms with E-state index in [1.54, 1.807) is 34.0 Å². The van der Waals surface area contributed by atoms with Gasteiger partial charge in [0.05, 0.1) is 11.9 Å². The van der Waals surface area contributed by atoms with E-state index in [0.717, 1.165) is 6.20 Å². The third-order valence-electron chi connectivity index (χ3n) is 5.00. The van der Waals surface area contributed by atoms with Gasteiger partial charge in [0.15, 0.2) is 5.82 Å². The summed E-state index contributed by atoms with van der Waals surface area (Å²) in [6.07, 6.45) is 0.338. The summed E-state index contributed by atoms with van der Waals surface area (Å²) in [6.45, 7) is 0.575. The first-order chi connectivity index (χ1) is 16.1. The van der Waals surface area contributed by atoms with E-state index in [4.69, 9.17) is 0 Å². The van der Waals surface area contributed by atoms with Gasteiger partial charge in [-0.15, -0.1) is 0 Å². The van der Waals surface area contributed by atoms with Crippen LogP contribution < -0.4 is 21.1 Å². The number of nitrogens with zero attached hydrogens (tertiary/aromatic N) is 5. The van der Waals surface area contributed by atoms with Crippen molar-refractivity contribution in [2.45, 2.75) is 25.7 Å². The number of carbonyl (C=O) groups is 1. The second-order valence-electron chi connectivity index (χ2n) is 7.44. The van der Waals surface area contributed by atoms with Gasteiger partial charge in [-0.05, 0) is 6.92 Å². The molecule has 15 heteroatoms. The first-order valence-electron chi connectivity index (χ1n) is 10.3. The lowest BCUT2D eigenvalue weighted by atomic mass is 10.2. The number of anilines is 2. The molecule has 0 radical (unpaired) electrons. The molecule has 1 atom stereocenters. The van der Waals surface area contributed by atoms with E-state index in [1.807, 2.05) is 0 Å². The number of hydrogen-bond acceptors (Lipinski definition) is 6. The predicted octanol–water partition coefficient (Wildman–Crippen LogP) is 2.27. The van der Waals surface area contributed by atoms with Gasteiger partial charge in [-0.2, -0.15) is 32.1 Å². The van der Waals surface area contributed by atoms with Crippen LogP contribution in [0.2, 0.25) is 0 Å². The van der Waals surface area contributed by atoms with E-state index in [1.165, 1.54) is 12.3 Å². The number of piperazine rings is 1. The third kappa shape index (κ3) is 6.23. The van der Waals surface area contributed by atoms with Crippen molar-refractivity contribution in [1.29, 1.82) is 0 Å². The van der Waals surface area contributed by atoms with Crippen LogP contribution in [0.25, 0.3) is 0 Å². The lowest BCUT2D eigenvalue weighted by Crippen LogP contribution is -2.52. The molecule has 0 saturated carbocycles. The zero-order valence-electron chi connectivity index (χ0n) is 18.0. The fraction of sp³-hybridized carbons (Fsp3) is 0.474. The Bertz CT molecular complexity index is 1060. The number of H-pyrrole nitrogens is 1. The summed E-state index contributed by atoms with van der Waals surface area (Å²) >= 11 is 0. The summed E-state index contributed by atoms with van der Waals surface area (Å²) in [6, 6.07) is 0.570. The lowest BCUT2D eigenvalue weighted by molar-refractivity contribution is -0.138. The van der Waals surface area contributed by atoms with Crippen LogP contribution in [0.3, 0.4) is 0 Å². The topological polar surface area (TPSA) is 111 Å². The number of alkyl halides is 5. The maximum absolute atomic E-state index is 13.1. The minimum atomic E-state index is -4.84. The number of carbonyl (C=O) groups excluding carboxylic acids is 1. The first kappa shape index (κ1) is 25.0. The van der Waals surface area contributed by atoms with E-state index in [9.17, 15) is 31.5 Å². The fourth-order valence-electron chi connectivity index (χ4n) is 3.36. The Morgan fingerprint density at radius 3 is 2.59 bits per heavy atom. The number of aromatic amines is 1.